The van der Waals surface area contributed by atoms with Crippen molar-refractivity contribution in [3.05, 3.63) is 82.9 Å². The van der Waals surface area contributed by atoms with E-state index in [0.29, 0.717) is 36.4 Å². The third kappa shape index (κ3) is 7.60. The van der Waals surface area contributed by atoms with Crippen molar-refractivity contribution in [2.45, 2.75) is 83.6 Å². The predicted molar refractivity (Wildman–Crippen MR) is 154 cm³/mol. The van der Waals surface area contributed by atoms with Gasteiger partial charge >= 0.3 is 51.7 Å². The fourth-order valence-electron chi connectivity index (χ4n) is 4.80. The molecule has 1 unspecified atom stereocenters. The maximum Gasteiger partial charge on any atom is 0.460 e. The van der Waals surface area contributed by atoms with E-state index in [2.05, 4.69) is 3.63 Å². The van der Waals surface area contributed by atoms with Crippen LogP contribution in [0, 0.1) is 13.8 Å². The molecule has 0 spiro atoms. The molecular weight excluding hydrogens is 805 g/mol. The number of alkyl halides is 15. The number of benzene rings is 3. The van der Waals surface area contributed by atoms with Crippen molar-refractivity contribution >= 4 is 26.4 Å². The van der Waals surface area contributed by atoms with Gasteiger partial charge in [0.15, 0.2) is 6.10 Å². The van der Waals surface area contributed by atoms with Crippen LogP contribution in [0.2, 0.25) is 0 Å². The molecule has 0 aromatic heterocycles. The quantitative estimate of drug-likeness (QED) is 0.183. The minimum absolute atomic E-state index is 0.0731. The molecule has 3 aromatic rings. The summed E-state index contributed by atoms with van der Waals surface area (Å²) in [5, 5.41) is 1.68. The van der Waals surface area contributed by atoms with Crippen molar-refractivity contribution < 1.29 is 92.5 Å². The van der Waals surface area contributed by atoms with Crippen molar-refractivity contribution in [1.29, 1.82) is 0 Å². The first-order chi connectivity index (χ1) is 23.8. The van der Waals surface area contributed by atoms with E-state index in [4.69, 9.17) is 4.74 Å². The zero-order chi connectivity index (χ0) is 41.0. The average molecular weight is 829 g/mol. The lowest BCUT2D eigenvalue weighted by atomic mass is 10.1. The molecular formula is C30H23F15O6S2. The first kappa shape index (κ1) is 43.5. The second-order valence-corrected chi connectivity index (χ2v) is 15.4. The Bertz CT molecular complexity index is 1880. The van der Waals surface area contributed by atoms with Crippen molar-refractivity contribution in [3.8, 4) is 5.75 Å². The Morgan fingerprint density at radius 3 is 1.43 bits per heavy atom. The van der Waals surface area contributed by atoms with Crippen LogP contribution in [0.5, 0.6) is 5.75 Å². The number of aryl methyl sites for hydroxylation is 2. The van der Waals surface area contributed by atoms with Gasteiger partial charge in [-0.2, -0.15) is 74.3 Å². The van der Waals surface area contributed by atoms with Crippen molar-refractivity contribution in [1.82, 2.24) is 0 Å². The number of carboxylic acid groups (broad SMARTS) is 1. The molecule has 23 heteroatoms. The van der Waals surface area contributed by atoms with Crippen LogP contribution < -0.4 is 4.74 Å². The van der Waals surface area contributed by atoms with E-state index in [1.165, 1.54) is 6.92 Å². The number of hydrogen-bond acceptors (Lipinski definition) is 5. The smallest absolute Gasteiger partial charge is 0.460 e. The fraction of sp³-hybridized carbons (Fsp3) is 0.367. The molecule has 0 aliphatic rings. The molecule has 296 valence electrons. The summed E-state index contributed by atoms with van der Waals surface area (Å²) in [5.74, 6) is -17.9. The number of aliphatic carboxylic acids is 1. The highest BCUT2D eigenvalue weighted by atomic mass is 32.3. The van der Waals surface area contributed by atoms with Crippen molar-refractivity contribution in [2.24, 2.45) is 0 Å². The second kappa shape index (κ2) is 14.1. The van der Waals surface area contributed by atoms with Gasteiger partial charge in [-0.05, 0) is 78.1 Å². The summed E-state index contributed by atoms with van der Waals surface area (Å²) in [6, 6.07) is 3.74. The Labute approximate surface area is 291 Å². The summed E-state index contributed by atoms with van der Waals surface area (Å²) in [4.78, 5) is 6.70. The number of carbonyl (C=O) groups is 1. The first-order valence-corrected chi connectivity index (χ1v) is 17.1. The van der Waals surface area contributed by atoms with E-state index in [9.17, 15) is 75.4 Å². The van der Waals surface area contributed by atoms with Crippen molar-refractivity contribution in [2.75, 3.05) is 0 Å². The third-order valence-corrected chi connectivity index (χ3v) is 12.6. The molecule has 0 aliphatic carbocycles. The van der Waals surface area contributed by atoms with Gasteiger partial charge in [-0.25, -0.2) is 8.42 Å². The van der Waals surface area contributed by atoms with Gasteiger partial charge < -0.3 is 9.84 Å². The lowest BCUT2D eigenvalue weighted by molar-refractivity contribution is -0.382. The molecule has 1 N–H and O–H groups in total. The van der Waals surface area contributed by atoms with E-state index in [1.54, 1.807) is 0 Å². The zero-order valence-electron chi connectivity index (χ0n) is 26.5. The van der Waals surface area contributed by atoms with Crippen LogP contribution in [0.1, 0.15) is 35.6 Å². The van der Waals surface area contributed by atoms with E-state index in [0.717, 1.165) is 13.8 Å². The zero-order valence-corrected chi connectivity index (χ0v) is 28.2. The molecule has 0 fully saturated rings. The molecule has 3 aromatic carbocycles. The number of carboxylic acids is 1. The minimum atomic E-state index is -8.23. The lowest BCUT2D eigenvalue weighted by Gasteiger charge is -2.43. The molecule has 3 rings (SSSR count). The highest BCUT2D eigenvalue weighted by Gasteiger charge is 2.86. The maximum atomic E-state index is 15.3. The molecule has 53 heavy (non-hydrogen) atoms. The highest BCUT2D eigenvalue weighted by Crippen LogP contribution is 2.74. The van der Waals surface area contributed by atoms with Crippen LogP contribution in [0.25, 0.3) is 0 Å². The molecule has 1 atom stereocenters. The Kier molecular flexibility index (Phi) is 11.6. The minimum Gasteiger partial charge on any atom is -0.479 e. The lowest BCUT2D eigenvalue weighted by Crippen LogP contribution is -2.63. The third-order valence-electron chi connectivity index (χ3n) is 7.30. The monoisotopic (exact) mass is 828 g/mol. The van der Waals surface area contributed by atoms with E-state index < -0.39 is 111 Å². The molecule has 0 heterocycles. The van der Waals surface area contributed by atoms with Gasteiger partial charge in [0, 0.05) is 14.7 Å². The van der Waals surface area contributed by atoms with Gasteiger partial charge in [0.05, 0.1) is 11.1 Å². The van der Waals surface area contributed by atoms with Gasteiger partial charge in [0.2, 0.25) is 0 Å². The van der Waals surface area contributed by atoms with Crippen LogP contribution >= 0.6 is 10.3 Å². The average Bonchev–Trinajstić information content (AvgIpc) is 3.01. The van der Waals surface area contributed by atoms with Crippen molar-refractivity contribution in [3.63, 3.8) is 0 Å². The summed E-state index contributed by atoms with van der Waals surface area (Å²) in [6.07, 6.45) is -21.1. The van der Waals surface area contributed by atoms with Crippen LogP contribution in [0.15, 0.2) is 75.4 Å². The van der Waals surface area contributed by atoms with Gasteiger partial charge in [0.25, 0.3) is 0 Å². The molecule has 0 saturated heterocycles. The molecule has 0 saturated carbocycles. The summed E-state index contributed by atoms with van der Waals surface area (Å²) >= 11 is 0. The number of hydrogen-bond donors (Lipinski definition) is 1. The highest BCUT2D eigenvalue weighted by molar-refractivity contribution is 8.33. The Balaban J connectivity index is 2.70. The Hall–Kier alpha value is -3.86. The van der Waals surface area contributed by atoms with Gasteiger partial charge in [-0.15, -0.1) is 0 Å². The molecule has 0 bridgehead atoms. The second-order valence-electron chi connectivity index (χ2n) is 11.0. The molecule has 6 nitrogen and oxygen atoms in total. The van der Waals surface area contributed by atoms with E-state index >= 15 is 8.78 Å². The summed E-state index contributed by atoms with van der Waals surface area (Å²) < 4.78 is 250. The molecule has 0 aliphatic heterocycles. The topological polar surface area (TPSA) is 89.9 Å². The first-order valence-electron chi connectivity index (χ1n) is 14.1. The van der Waals surface area contributed by atoms with Crippen LogP contribution in [-0.2, 0) is 30.9 Å². The predicted octanol–water partition coefficient (Wildman–Crippen LogP) is 10.6. The fourth-order valence-corrected chi connectivity index (χ4v) is 10.5. The van der Waals surface area contributed by atoms with Crippen LogP contribution in [0.4, 0.5) is 65.9 Å². The van der Waals surface area contributed by atoms with Gasteiger partial charge in [0.1, 0.15) is 5.75 Å². The Morgan fingerprint density at radius 1 is 0.698 bits per heavy atom. The van der Waals surface area contributed by atoms with E-state index in [-0.39, 0.29) is 30.7 Å². The molecule has 0 radical (unpaired) electrons. The largest absolute Gasteiger partial charge is 0.479 e. The number of ether oxygens (including phenoxy) is 1. The summed E-state index contributed by atoms with van der Waals surface area (Å²) in [7, 11) is -14.1. The number of halogens is 15. The summed E-state index contributed by atoms with van der Waals surface area (Å²) in [6.45, 7) is 3.22. The van der Waals surface area contributed by atoms with Crippen LogP contribution in [-0.4, -0.2) is 48.9 Å². The Morgan fingerprint density at radius 2 is 1.09 bits per heavy atom. The summed E-state index contributed by atoms with van der Waals surface area (Å²) in [5.41, 5.74) is -5.23. The van der Waals surface area contributed by atoms with E-state index in [1.807, 2.05) is 0 Å². The van der Waals surface area contributed by atoms with Gasteiger partial charge in [-0.1, -0.05) is 31.2 Å². The van der Waals surface area contributed by atoms with Gasteiger partial charge in [-0.3, -0.25) is 0 Å². The normalized spacial score (nSPS) is 14.9. The SMILES string of the molecule is CCC(Oc1c(C)cc(S(OS(=O)(=O)C(F)(F)C(F)(F)C(F)(F)C(F)(F)F)(c2ccccc2C(F)(F)F)c2ccccc2C(F)(F)F)cc1C)C(=O)O. The number of rotatable bonds is 12. The molecule has 0 amide bonds. The maximum absolute atomic E-state index is 15.3. The van der Waals surface area contributed by atoms with Crippen LogP contribution in [0.3, 0.4) is 0 Å². The standard InChI is InChI=1S/C30H23F15O6S2/c1-4-20(24(46)47)50-23-15(2)13-17(14-16(23)3)52(21-11-7-5-9-18(21)25(31,32)33,22-12-8-6-10-19(22)26(34,35)36)51-53(48,49)30(44,45)28(39,40)27(37,38)29(41,42)43/h5-14,20H,4H2,1-3H3,(H,46,47).